The minimum absolute atomic E-state index is 0.392. The van der Waals surface area contributed by atoms with Gasteiger partial charge in [0.15, 0.2) is 0 Å². The first-order chi connectivity index (χ1) is 7.28. The molecule has 0 bridgehead atoms. The second-order valence-electron chi connectivity index (χ2n) is 5.28. The van der Waals surface area contributed by atoms with Crippen LogP contribution in [0.15, 0.2) is 0 Å². The number of hydrogen-bond donors (Lipinski definition) is 1. The Morgan fingerprint density at radius 3 is 2.93 bits per heavy atom. The molecule has 1 saturated carbocycles. The molecule has 3 nitrogen and oxygen atoms in total. The molecule has 1 aliphatic carbocycles. The summed E-state index contributed by atoms with van der Waals surface area (Å²) in [7, 11) is 2.03. The largest absolute Gasteiger partial charge is 0.319 e. The van der Waals surface area contributed by atoms with Crippen LogP contribution in [0.5, 0.6) is 0 Å². The normalized spacial score (nSPS) is 28.9. The Morgan fingerprint density at radius 2 is 2.33 bits per heavy atom. The van der Waals surface area contributed by atoms with E-state index in [1.54, 1.807) is 0 Å². The molecule has 2 rings (SSSR count). The van der Waals surface area contributed by atoms with Crippen molar-refractivity contribution in [3.63, 3.8) is 0 Å². The molecule has 84 valence electrons. The summed E-state index contributed by atoms with van der Waals surface area (Å²) in [4.78, 5) is 2.56. The predicted molar refractivity (Wildman–Crippen MR) is 60.4 cm³/mol. The SMILES string of the molecule is CNCC1CCN(CC2(CC#N)CC2)C1. The van der Waals surface area contributed by atoms with Gasteiger partial charge < -0.3 is 10.2 Å². The Balaban J connectivity index is 1.75. The van der Waals surface area contributed by atoms with Gasteiger partial charge in [-0.2, -0.15) is 5.26 Å². The Morgan fingerprint density at radius 1 is 1.53 bits per heavy atom. The maximum atomic E-state index is 8.77. The summed E-state index contributed by atoms with van der Waals surface area (Å²) in [6.07, 6.45) is 4.63. The summed E-state index contributed by atoms with van der Waals surface area (Å²) in [6.45, 7) is 4.77. The van der Waals surface area contributed by atoms with Crippen molar-refractivity contribution in [2.45, 2.75) is 25.7 Å². The first kappa shape index (κ1) is 10.9. The van der Waals surface area contributed by atoms with E-state index < -0.39 is 0 Å². The van der Waals surface area contributed by atoms with Gasteiger partial charge in [0.05, 0.1) is 6.07 Å². The average Bonchev–Trinajstić information content (AvgIpc) is 2.80. The number of likely N-dealkylation sites (tertiary alicyclic amines) is 1. The summed E-state index contributed by atoms with van der Waals surface area (Å²) in [5, 5.41) is 12.0. The molecule has 0 aromatic rings. The van der Waals surface area contributed by atoms with Gasteiger partial charge in [-0.05, 0) is 50.7 Å². The van der Waals surface area contributed by atoms with Crippen molar-refractivity contribution in [1.82, 2.24) is 10.2 Å². The molecule has 0 aromatic heterocycles. The van der Waals surface area contributed by atoms with Crippen LogP contribution in [0.2, 0.25) is 0 Å². The van der Waals surface area contributed by atoms with E-state index in [2.05, 4.69) is 16.3 Å². The molecule has 1 heterocycles. The van der Waals surface area contributed by atoms with Gasteiger partial charge >= 0.3 is 0 Å². The molecule has 15 heavy (non-hydrogen) atoms. The molecule has 1 atom stereocenters. The van der Waals surface area contributed by atoms with Crippen molar-refractivity contribution >= 4 is 0 Å². The fourth-order valence-corrected chi connectivity index (χ4v) is 2.72. The lowest BCUT2D eigenvalue weighted by Gasteiger charge is -2.21. The Bertz CT molecular complexity index is 252. The number of nitrogens with zero attached hydrogens (tertiary/aromatic N) is 2. The van der Waals surface area contributed by atoms with Crippen LogP contribution >= 0.6 is 0 Å². The quantitative estimate of drug-likeness (QED) is 0.737. The lowest BCUT2D eigenvalue weighted by atomic mass is 10.0. The van der Waals surface area contributed by atoms with Gasteiger partial charge in [-0.15, -0.1) is 0 Å². The molecule has 0 aromatic carbocycles. The second kappa shape index (κ2) is 4.51. The van der Waals surface area contributed by atoms with Gasteiger partial charge in [0.1, 0.15) is 0 Å². The van der Waals surface area contributed by atoms with Crippen LogP contribution in [-0.2, 0) is 0 Å². The summed E-state index contributed by atoms with van der Waals surface area (Å²) < 4.78 is 0. The summed E-state index contributed by atoms with van der Waals surface area (Å²) >= 11 is 0. The van der Waals surface area contributed by atoms with Crippen LogP contribution in [0, 0.1) is 22.7 Å². The lowest BCUT2D eigenvalue weighted by Crippen LogP contribution is -2.30. The molecule has 1 aliphatic heterocycles. The molecule has 3 heteroatoms. The number of rotatable bonds is 5. The average molecular weight is 207 g/mol. The molecule has 2 fully saturated rings. The minimum Gasteiger partial charge on any atom is -0.319 e. The van der Waals surface area contributed by atoms with Crippen molar-refractivity contribution in [3.05, 3.63) is 0 Å². The number of hydrogen-bond acceptors (Lipinski definition) is 3. The predicted octanol–water partition coefficient (Wildman–Crippen LogP) is 1.22. The third-order valence-electron chi connectivity index (χ3n) is 3.83. The number of nitriles is 1. The van der Waals surface area contributed by atoms with E-state index >= 15 is 0 Å². The maximum Gasteiger partial charge on any atom is 0.0628 e. The fraction of sp³-hybridized carbons (Fsp3) is 0.917. The van der Waals surface area contributed by atoms with E-state index in [0.29, 0.717) is 5.41 Å². The van der Waals surface area contributed by atoms with Gasteiger partial charge in [-0.1, -0.05) is 0 Å². The Kier molecular flexibility index (Phi) is 3.28. The zero-order valence-corrected chi connectivity index (χ0v) is 9.63. The van der Waals surface area contributed by atoms with Crippen LogP contribution in [0.3, 0.4) is 0 Å². The molecule has 1 N–H and O–H groups in total. The molecular formula is C12H21N3. The molecule has 1 saturated heterocycles. The zero-order valence-electron chi connectivity index (χ0n) is 9.63. The third-order valence-corrected chi connectivity index (χ3v) is 3.83. The lowest BCUT2D eigenvalue weighted by molar-refractivity contribution is 0.257. The topological polar surface area (TPSA) is 39.1 Å². The molecular weight excluding hydrogens is 186 g/mol. The van der Waals surface area contributed by atoms with E-state index in [0.717, 1.165) is 18.9 Å². The van der Waals surface area contributed by atoms with E-state index in [-0.39, 0.29) is 0 Å². The van der Waals surface area contributed by atoms with E-state index in [1.807, 2.05) is 7.05 Å². The minimum atomic E-state index is 0.392. The van der Waals surface area contributed by atoms with E-state index in [9.17, 15) is 0 Å². The molecule has 0 spiro atoms. The smallest absolute Gasteiger partial charge is 0.0628 e. The first-order valence-electron chi connectivity index (χ1n) is 6.02. The summed E-state index contributed by atoms with van der Waals surface area (Å²) in [5.74, 6) is 0.827. The van der Waals surface area contributed by atoms with Crippen LogP contribution in [0.4, 0.5) is 0 Å². The molecule has 2 aliphatic rings. The fourth-order valence-electron chi connectivity index (χ4n) is 2.72. The first-order valence-corrected chi connectivity index (χ1v) is 6.02. The van der Waals surface area contributed by atoms with Gasteiger partial charge in [-0.25, -0.2) is 0 Å². The molecule has 1 unspecified atom stereocenters. The third kappa shape index (κ3) is 2.70. The van der Waals surface area contributed by atoms with Gasteiger partial charge in [0, 0.05) is 19.5 Å². The van der Waals surface area contributed by atoms with Gasteiger partial charge in [0.2, 0.25) is 0 Å². The Labute approximate surface area is 92.4 Å². The van der Waals surface area contributed by atoms with Crippen LogP contribution in [0.1, 0.15) is 25.7 Å². The van der Waals surface area contributed by atoms with Crippen molar-refractivity contribution in [1.29, 1.82) is 5.26 Å². The second-order valence-corrected chi connectivity index (χ2v) is 5.28. The van der Waals surface area contributed by atoms with E-state index in [1.165, 1.54) is 38.9 Å². The monoisotopic (exact) mass is 207 g/mol. The zero-order chi connectivity index (χ0) is 10.7. The highest BCUT2D eigenvalue weighted by Crippen LogP contribution is 2.49. The van der Waals surface area contributed by atoms with Crippen LogP contribution in [0.25, 0.3) is 0 Å². The van der Waals surface area contributed by atoms with Crippen LogP contribution in [-0.4, -0.2) is 38.1 Å². The van der Waals surface area contributed by atoms with Crippen molar-refractivity contribution in [2.24, 2.45) is 11.3 Å². The Hall–Kier alpha value is -0.590. The van der Waals surface area contributed by atoms with Crippen molar-refractivity contribution in [3.8, 4) is 6.07 Å². The standard InChI is InChI=1S/C12H21N3/c1-14-8-11-2-7-15(9-11)10-12(3-4-12)5-6-13/h11,14H,2-5,7-10H2,1H3. The summed E-state index contributed by atoms with van der Waals surface area (Å²) in [6, 6.07) is 2.34. The van der Waals surface area contributed by atoms with Gasteiger partial charge in [-0.3, -0.25) is 0 Å². The van der Waals surface area contributed by atoms with Crippen molar-refractivity contribution < 1.29 is 0 Å². The highest BCUT2D eigenvalue weighted by Gasteiger charge is 2.44. The molecule has 0 amide bonds. The number of nitrogens with one attached hydrogen (secondary N) is 1. The molecule has 0 radical (unpaired) electrons. The maximum absolute atomic E-state index is 8.77. The van der Waals surface area contributed by atoms with Gasteiger partial charge in [0.25, 0.3) is 0 Å². The van der Waals surface area contributed by atoms with E-state index in [4.69, 9.17) is 5.26 Å². The van der Waals surface area contributed by atoms with Crippen LogP contribution < -0.4 is 5.32 Å². The highest BCUT2D eigenvalue weighted by molar-refractivity contribution is 5.01. The van der Waals surface area contributed by atoms with Crippen molar-refractivity contribution in [2.75, 3.05) is 33.2 Å². The summed E-state index contributed by atoms with van der Waals surface area (Å²) in [5.41, 5.74) is 0.392. The highest BCUT2D eigenvalue weighted by atomic mass is 15.2.